The molecule has 0 saturated heterocycles. The van der Waals surface area contributed by atoms with Crippen molar-refractivity contribution >= 4 is 39.2 Å². The van der Waals surface area contributed by atoms with Gasteiger partial charge in [0.1, 0.15) is 0 Å². The van der Waals surface area contributed by atoms with Crippen molar-refractivity contribution in [1.82, 2.24) is 8.61 Å². The number of carbonyl (C=O) groups excluding carboxylic acids is 1. The van der Waals surface area contributed by atoms with Gasteiger partial charge in [-0.15, -0.1) is 0 Å². The Labute approximate surface area is 122 Å². The van der Waals surface area contributed by atoms with Crippen molar-refractivity contribution in [3.05, 3.63) is 33.8 Å². The molecular weight excluding hydrogens is 311 g/mol. The van der Waals surface area contributed by atoms with Crippen molar-refractivity contribution in [2.75, 3.05) is 27.7 Å². The molecule has 0 aliphatic carbocycles. The van der Waals surface area contributed by atoms with E-state index in [-0.39, 0.29) is 17.1 Å². The highest BCUT2D eigenvalue weighted by Gasteiger charge is 2.24. The molecule has 0 aromatic heterocycles. The summed E-state index contributed by atoms with van der Waals surface area (Å²) in [6.45, 7) is -0.290. The van der Waals surface area contributed by atoms with Crippen molar-refractivity contribution in [2.24, 2.45) is 0 Å². The lowest BCUT2D eigenvalue weighted by Crippen LogP contribution is -2.40. The molecule has 0 bridgehead atoms. The highest BCUT2D eigenvalue weighted by molar-refractivity contribution is 7.86. The SMILES string of the molecule is CN(C)S(=O)(=O)N(C)CC(=O)c1ccc(Cl)cc1Cl. The summed E-state index contributed by atoms with van der Waals surface area (Å²) in [6.07, 6.45) is 0. The van der Waals surface area contributed by atoms with E-state index < -0.39 is 16.0 Å². The van der Waals surface area contributed by atoms with Gasteiger partial charge in [0.15, 0.2) is 5.78 Å². The maximum Gasteiger partial charge on any atom is 0.281 e. The molecule has 0 unspecified atom stereocenters. The zero-order valence-electron chi connectivity index (χ0n) is 10.7. The van der Waals surface area contributed by atoms with Crippen LogP contribution in [-0.4, -0.2) is 50.5 Å². The number of Topliss-reactive ketones (excluding diaryl/α,β-unsaturated/α-hetero) is 1. The Morgan fingerprint density at radius 3 is 2.26 bits per heavy atom. The lowest BCUT2D eigenvalue weighted by atomic mass is 10.1. The Hall–Kier alpha value is -0.660. The van der Waals surface area contributed by atoms with Gasteiger partial charge in [0, 0.05) is 31.7 Å². The molecule has 0 radical (unpaired) electrons. The smallest absolute Gasteiger partial charge is 0.281 e. The first-order valence-electron chi connectivity index (χ1n) is 5.28. The Kier molecular flexibility index (Phi) is 5.34. The second-order valence-electron chi connectivity index (χ2n) is 4.09. The van der Waals surface area contributed by atoms with Crippen LogP contribution in [0.25, 0.3) is 0 Å². The van der Waals surface area contributed by atoms with E-state index >= 15 is 0 Å². The standard InChI is InChI=1S/C11H14Cl2N2O3S/c1-14(2)19(17,18)15(3)7-11(16)9-5-4-8(12)6-10(9)13/h4-6H,7H2,1-3H3. The Bertz CT molecular complexity index is 588. The molecule has 19 heavy (non-hydrogen) atoms. The minimum absolute atomic E-state index is 0.202. The average Bonchev–Trinajstić information content (AvgIpc) is 2.28. The molecule has 5 nitrogen and oxygen atoms in total. The Morgan fingerprint density at radius 1 is 1.21 bits per heavy atom. The second kappa shape index (κ2) is 6.19. The third-order valence-corrected chi connectivity index (χ3v) is 4.84. The number of hydrogen-bond acceptors (Lipinski definition) is 3. The largest absolute Gasteiger partial charge is 0.293 e. The fourth-order valence-corrected chi connectivity index (χ4v) is 2.72. The van der Waals surface area contributed by atoms with E-state index in [1.807, 2.05) is 0 Å². The van der Waals surface area contributed by atoms with Gasteiger partial charge in [-0.3, -0.25) is 4.79 Å². The van der Waals surface area contributed by atoms with E-state index in [0.29, 0.717) is 5.02 Å². The number of likely N-dealkylation sites (N-methyl/N-ethyl adjacent to an activating group) is 1. The van der Waals surface area contributed by atoms with E-state index in [9.17, 15) is 13.2 Å². The molecule has 0 N–H and O–H groups in total. The van der Waals surface area contributed by atoms with Crippen LogP contribution in [0.2, 0.25) is 10.0 Å². The van der Waals surface area contributed by atoms with E-state index in [0.717, 1.165) is 8.61 Å². The monoisotopic (exact) mass is 324 g/mol. The molecule has 0 aliphatic rings. The molecule has 0 heterocycles. The Balaban J connectivity index is 2.92. The van der Waals surface area contributed by atoms with Gasteiger partial charge >= 0.3 is 0 Å². The zero-order chi connectivity index (χ0) is 14.8. The molecule has 0 fully saturated rings. The van der Waals surface area contributed by atoms with Gasteiger partial charge in [-0.1, -0.05) is 23.2 Å². The van der Waals surface area contributed by atoms with Gasteiger partial charge in [-0.25, -0.2) is 0 Å². The first kappa shape index (κ1) is 16.4. The second-order valence-corrected chi connectivity index (χ2v) is 7.19. The topological polar surface area (TPSA) is 57.7 Å². The number of benzene rings is 1. The predicted molar refractivity (Wildman–Crippen MR) is 76.0 cm³/mol. The number of hydrogen-bond donors (Lipinski definition) is 0. The minimum Gasteiger partial charge on any atom is -0.293 e. The molecule has 0 atom stereocenters. The fourth-order valence-electron chi connectivity index (χ4n) is 1.36. The van der Waals surface area contributed by atoms with Crippen LogP contribution in [0, 0.1) is 0 Å². The van der Waals surface area contributed by atoms with Crippen LogP contribution in [0.5, 0.6) is 0 Å². The van der Waals surface area contributed by atoms with Crippen LogP contribution in [-0.2, 0) is 10.2 Å². The molecule has 1 rings (SSSR count). The predicted octanol–water partition coefficient (Wildman–Crippen LogP) is 1.91. The summed E-state index contributed by atoms with van der Waals surface area (Å²) in [5.74, 6) is -0.394. The van der Waals surface area contributed by atoms with Crippen LogP contribution in [0.4, 0.5) is 0 Å². The number of rotatable bonds is 5. The van der Waals surface area contributed by atoms with Crippen LogP contribution in [0.15, 0.2) is 18.2 Å². The number of carbonyl (C=O) groups is 1. The Morgan fingerprint density at radius 2 is 1.79 bits per heavy atom. The quantitative estimate of drug-likeness (QED) is 0.777. The van der Waals surface area contributed by atoms with Crippen LogP contribution in [0.1, 0.15) is 10.4 Å². The number of ketones is 1. The normalized spacial score (nSPS) is 12.2. The first-order chi connectivity index (χ1) is 8.66. The molecule has 0 saturated carbocycles. The van der Waals surface area contributed by atoms with Crippen LogP contribution in [0.3, 0.4) is 0 Å². The molecule has 1 aromatic rings. The van der Waals surface area contributed by atoms with E-state index in [4.69, 9.17) is 23.2 Å². The van der Waals surface area contributed by atoms with Gasteiger partial charge in [-0.05, 0) is 18.2 Å². The molecular formula is C11H14Cl2N2O3S. The maximum atomic E-state index is 12.0. The summed E-state index contributed by atoms with van der Waals surface area (Å²) in [4.78, 5) is 12.0. The van der Waals surface area contributed by atoms with Crippen molar-refractivity contribution in [3.8, 4) is 0 Å². The molecule has 1 aromatic carbocycles. The van der Waals surface area contributed by atoms with Gasteiger partial charge in [0.25, 0.3) is 10.2 Å². The van der Waals surface area contributed by atoms with Gasteiger partial charge in [0.05, 0.1) is 11.6 Å². The summed E-state index contributed by atoms with van der Waals surface area (Å²) in [5.41, 5.74) is 0.242. The fraction of sp³-hybridized carbons (Fsp3) is 0.364. The molecule has 106 valence electrons. The molecule has 0 spiro atoms. The first-order valence-corrected chi connectivity index (χ1v) is 7.43. The number of nitrogens with zero attached hydrogens (tertiary/aromatic N) is 2. The van der Waals surface area contributed by atoms with Crippen LogP contribution < -0.4 is 0 Å². The molecule has 0 aliphatic heterocycles. The van der Waals surface area contributed by atoms with Crippen molar-refractivity contribution in [1.29, 1.82) is 0 Å². The third kappa shape index (κ3) is 3.90. The van der Waals surface area contributed by atoms with E-state index in [1.54, 1.807) is 0 Å². The van der Waals surface area contributed by atoms with Crippen molar-refractivity contribution < 1.29 is 13.2 Å². The summed E-state index contributed by atoms with van der Waals surface area (Å²) < 4.78 is 25.6. The number of halogens is 2. The van der Waals surface area contributed by atoms with Crippen LogP contribution >= 0.6 is 23.2 Å². The van der Waals surface area contributed by atoms with E-state index in [1.165, 1.54) is 39.3 Å². The zero-order valence-corrected chi connectivity index (χ0v) is 13.1. The summed E-state index contributed by atoms with van der Waals surface area (Å²) in [5, 5.41) is 0.615. The van der Waals surface area contributed by atoms with Crippen molar-refractivity contribution in [3.63, 3.8) is 0 Å². The minimum atomic E-state index is -3.62. The van der Waals surface area contributed by atoms with Gasteiger partial charge < -0.3 is 0 Å². The van der Waals surface area contributed by atoms with E-state index in [2.05, 4.69) is 0 Å². The highest BCUT2D eigenvalue weighted by Crippen LogP contribution is 2.21. The maximum absolute atomic E-state index is 12.0. The molecule has 8 heteroatoms. The van der Waals surface area contributed by atoms with Gasteiger partial charge in [-0.2, -0.15) is 17.0 Å². The summed E-state index contributed by atoms with van der Waals surface area (Å²) in [7, 11) is 0.495. The lowest BCUT2D eigenvalue weighted by molar-refractivity contribution is 0.0971. The average molecular weight is 325 g/mol. The van der Waals surface area contributed by atoms with Crippen molar-refractivity contribution in [2.45, 2.75) is 0 Å². The highest BCUT2D eigenvalue weighted by atomic mass is 35.5. The third-order valence-electron chi connectivity index (χ3n) is 2.45. The lowest BCUT2D eigenvalue weighted by Gasteiger charge is -2.20. The summed E-state index contributed by atoms with van der Waals surface area (Å²) in [6, 6.07) is 4.45. The molecule has 0 amide bonds. The van der Waals surface area contributed by atoms with Gasteiger partial charge in [0.2, 0.25) is 0 Å². The summed E-state index contributed by atoms with van der Waals surface area (Å²) >= 11 is 11.6.